The molecule has 0 bridgehead atoms. The fourth-order valence-electron chi connectivity index (χ4n) is 3.25. The molecule has 2 N–H and O–H groups in total. The lowest BCUT2D eigenvalue weighted by Gasteiger charge is -2.21. The molecule has 3 heterocycles. The lowest BCUT2D eigenvalue weighted by Crippen LogP contribution is -2.33. The Balaban J connectivity index is 0.000000714. The van der Waals surface area contributed by atoms with Gasteiger partial charge in [0, 0.05) is 43.8 Å². The number of methoxy groups -OCH3 is 1. The summed E-state index contributed by atoms with van der Waals surface area (Å²) < 4.78 is 15.1. The number of furan rings is 1. The van der Waals surface area contributed by atoms with Gasteiger partial charge in [-0.25, -0.2) is 9.78 Å². The van der Waals surface area contributed by atoms with Crippen LogP contribution in [0, 0.1) is 0 Å². The van der Waals surface area contributed by atoms with Gasteiger partial charge in [0.05, 0.1) is 12.2 Å². The van der Waals surface area contributed by atoms with Crippen LogP contribution < -0.4 is 10.6 Å². The van der Waals surface area contributed by atoms with E-state index in [1.165, 1.54) is 0 Å². The summed E-state index contributed by atoms with van der Waals surface area (Å²) in [6.45, 7) is 6.42. The second-order valence-corrected chi connectivity index (χ2v) is 6.80. The van der Waals surface area contributed by atoms with E-state index in [2.05, 4.69) is 9.72 Å². The van der Waals surface area contributed by atoms with Gasteiger partial charge in [0.2, 0.25) is 5.76 Å². The largest absolute Gasteiger partial charge is 0.460 e. The molecule has 33 heavy (non-hydrogen) atoms. The molecule has 0 spiro atoms. The Hall–Kier alpha value is -3.65. The standard InChI is InChI=1S/C21H19N3O4.C2H6O.C2H6/c1-2-27-21(26)17-12-14-9-11-24(20(25)13-5-7-15(22)8-6-13)19-16(18(14)28-17)4-3-10-23-19;1-3-2;1-2/h3-8,10,12H,2,9,11,22H2,1H3;1-2H3;1-2H3. The van der Waals surface area contributed by atoms with Crippen LogP contribution in [-0.4, -0.2) is 44.2 Å². The summed E-state index contributed by atoms with van der Waals surface area (Å²) in [5.41, 5.74) is 8.34. The highest BCUT2D eigenvalue weighted by molar-refractivity contribution is 6.07. The molecule has 2 aromatic heterocycles. The number of nitrogens with zero attached hydrogens (tertiary/aromatic N) is 2. The van der Waals surface area contributed by atoms with Crippen LogP contribution >= 0.6 is 0 Å². The molecule has 8 heteroatoms. The summed E-state index contributed by atoms with van der Waals surface area (Å²) in [6.07, 6.45) is 2.15. The summed E-state index contributed by atoms with van der Waals surface area (Å²) in [5.74, 6) is 0.512. The quantitative estimate of drug-likeness (QED) is 0.456. The predicted octanol–water partition coefficient (Wildman–Crippen LogP) is 4.59. The number of hydrogen-bond donors (Lipinski definition) is 1. The number of rotatable bonds is 3. The summed E-state index contributed by atoms with van der Waals surface area (Å²) in [6, 6.07) is 12.1. The molecular formula is C25H31N3O5. The number of anilines is 2. The Labute approximate surface area is 194 Å². The Morgan fingerprint density at radius 1 is 1.15 bits per heavy atom. The zero-order valence-corrected chi connectivity index (χ0v) is 19.8. The first kappa shape index (κ1) is 25.6. The van der Waals surface area contributed by atoms with E-state index < -0.39 is 5.97 Å². The highest BCUT2D eigenvalue weighted by Crippen LogP contribution is 2.37. The minimum atomic E-state index is -0.504. The number of amides is 1. The number of nitrogen functional groups attached to an aromatic ring is 1. The van der Waals surface area contributed by atoms with Crippen molar-refractivity contribution in [1.82, 2.24) is 4.98 Å². The van der Waals surface area contributed by atoms with Gasteiger partial charge in [0.1, 0.15) is 11.6 Å². The molecule has 0 saturated carbocycles. The van der Waals surface area contributed by atoms with Crippen LogP contribution in [0.2, 0.25) is 0 Å². The average molecular weight is 454 g/mol. The van der Waals surface area contributed by atoms with Gasteiger partial charge >= 0.3 is 5.97 Å². The van der Waals surface area contributed by atoms with Crippen molar-refractivity contribution in [3.63, 3.8) is 0 Å². The summed E-state index contributed by atoms with van der Waals surface area (Å²) in [7, 11) is 3.25. The first-order valence-corrected chi connectivity index (χ1v) is 10.8. The molecule has 0 radical (unpaired) electrons. The second kappa shape index (κ2) is 12.4. The normalized spacial score (nSPS) is 11.5. The Bertz CT molecular complexity index is 1060. The number of hydrogen-bond acceptors (Lipinski definition) is 7. The van der Waals surface area contributed by atoms with Crippen molar-refractivity contribution in [2.75, 3.05) is 38.0 Å². The summed E-state index contributed by atoms with van der Waals surface area (Å²) in [5, 5.41) is 0. The molecule has 3 aromatic rings. The number of carbonyl (C=O) groups excluding carboxylic acids is 2. The minimum Gasteiger partial charge on any atom is -0.460 e. The molecule has 0 atom stereocenters. The average Bonchev–Trinajstić information content (AvgIpc) is 3.20. The number of aromatic nitrogens is 1. The monoisotopic (exact) mass is 453 g/mol. The Kier molecular flexibility index (Phi) is 9.62. The van der Waals surface area contributed by atoms with Gasteiger partial charge in [-0.15, -0.1) is 0 Å². The third-order valence-corrected chi connectivity index (χ3v) is 4.58. The fraction of sp³-hybridized carbons (Fsp3) is 0.320. The van der Waals surface area contributed by atoms with Crippen molar-refractivity contribution < 1.29 is 23.5 Å². The van der Waals surface area contributed by atoms with E-state index in [1.807, 2.05) is 19.9 Å². The first-order chi connectivity index (χ1) is 16.0. The minimum absolute atomic E-state index is 0.153. The molecule has 1 amide bonds. The van der Waals surface area contributed by atoms with E-state index in [9.17, 15) is 9.59 Å². The van der Waals surface area contributed by atoms with Crippen LogP contribution in [0.1, 0.15) is 47.2 Å². The van der Waals surface area contributed by atoms with E-state index in [-0.39, 0.29) is 18.3 Å². The smallest absolute Gasteiger partial charge is 0.374 e. The highest BCUT2D eigenvalue weighted by atomic mass is 16.5. The van der Waals surface area contributed by atoms with Crippen LogP contribution in [0.4, 0.5) is 11.5 Å². The third kappa shape index (κ3) is 5.98. The Morgan fingerprint density at radius 2 is 1.82 bits per heavy atom. The number of carbonyl (C=O) groups is 2. The SMILES string of the molecule is CC.CCOC(=O)c1cc2c(o1)-c1cccnc1N(C(=O)c1ccc(N)cc1)CC2.COC. The third-order valence-electron chi connectivity index (χ3n) is 4.58. The molecule has 0 aliphatic carbocycles. The zero-order valence-electron chi connectivity index (χ0n) is 19.8. The van der Waals surface area contributed by atoms with Crippen LogP contribution in [0.25, 0.3) is 11.3 Å². The van der Waals surface area contributed by atoms with E-state index >= 15 is 0 Å². The maximum atomic E-state index is 13.1. The highest BCUT2D eigenvalue weighted by Gasteiger charge is 2.29. The van der Waals surface area contributed by atoms with Gasteiger partial charge in [0.15, 0.2) is 0 Å². The van der Waals surface area contributed by atoms with Gasteiger partial charge < -0.3 is 19.6 Å². The molecule has 1 aliphatic rings. The maximum Gasteiger partial charge on any atom is 0.374 e. The van der Waals surface area contributed by atoms with Crippen molar-refractivity contribution >= 4 is 23.4 Å². The molecule has 8 nitrogen and oxygen atoms in total. The van der Waals surface area contributed by atoms with E-state index in [0.29, 0.717) is 41.4 Å². The number of ether oxygens (including phenoxy) is 2. The number of pyridine rings is 1. The van der Waals surface area contributed by atoms with Crippen LogP contribution in [-0.2, 0) is 15.9 Å². The maximum absolute atomic E-state index is 13.1. The topological polar surface area (TPSA) is 108 Å². The number of esters is 1. The fourth-order valence-corrected chi connectivity index (χ4v) is 3.25. The van der Waals surface area contributed by atoms with Crippen molar-refractivity contribution in [3.8, 4) is 11.3 Å². The van der Waals surface area contributed by atoms with Crippen LogP contribution in [0.15, 0.2) is 53.1 Å². The number of benzene rings is 1. The van der Waals surface area contributed by atoms with Crippen molar-refractivity contribution in [3.05, 3.63) is 65.5 Å². The number of nitrogens with two attached hydrogens (primary N) is 1. The van der Waals surface area contributed by atoms with E-state index in [0.717, 1.165) is 5.56 Å². The molecule has 0 saturated heterocycles. The van der Waals surface area contributed by atoms with Crippen molar-refractivity contribution in [2.45, 2.75) is 27.2 Å². The molecule has 0 fully saturated rings. The summed E-state index contributed by atoms with van der Waals surface area (Å²) >= 11 is 0. The summed E-state index contributed by atoms with van der Waals surface area (Å²) in [4.78, 5) is 31.2. The first-order valence-electron chi connectivity index (χ1n) is 10.8. The molecule has 1 aromatic carbocycles. The molecule has 4 rings (SSSR count). The van der Waals surface area contributed by atoms with Crippen molar-refractivity contribution in [1.29, 1.82) is 0 Å². The van der Waals surface area contributed by atoms with Gasteiger partial charge in [0.25, 0.3) is 5.91 Å². The van der Waals surface area contributed by atoms with Crippen LogP contribution in [0.3, 0.4) is 0 Å². The van der Waals surface area contributed by atoms with Gasteiger partial charge in [-0.05, 0) is 55.8 Å². The lowest BCUT2D eigenvalue weighted by atomic mass is 10.1. The van der Waals surface area contributed by atoms with E-state index in [4.69, 9.17) is 14.9 Å². The second-order valence-electron chi connectivity index (χ2n) is 6.80. The zero-order chi connectivity index (χ0) is 24.4. The lowest BCUT2D eigenvalue weighted by molar-refractivity contribution is 0.0491. The number of fused-ring (bicyclic) bond motifs is 3. The van der Waals surface area contributed by atoms with Crippen LogP contribution in [0.5, 0.6) is 0 Å². The van der Waals surface area contributed by atoms with Crippen molar-refractivity contribution in [2.24, 2.45) is 0 Å². The molecule has 1 aliphatic heterocycles. The predicted molar refractivity (Wildman–Crippen MR) is 128 cm³/mol. The van der Waals surface area contributed by atoms with Gasteiger partial charge in [-0.3, -0.25) is 9.69 Å². The molecule has 0 unspecified atom stereocenters. The van der Waals surface area contributed by atoms with E-state index in [1.54, 1.807) is 68.6 Å². The Morgan fingerprint density at radius 3 is 2.45 bits per heavy atom. The van der Waals surface area contributed by atoms with Gasteiger partial charge in [-0.2, -0.15) is 0 Å². The molecule has 176 valence electrons. The molecular weight excluding hydrogens is 422 g/mol. The van der Waals surface area contributed by atoms with Gasteiger partial charge in [-0.1, -0.05) is 13.8 Å².